The molecule has 0 fully saturated rings. The van der Waals surface area contributed by atoms with E-state index in [4.69, 9.17) is 9.59 Å². The molecule has 0 aromatic carbocycles. The Kier molecular flexibility index (Phi) is 110. The molecule has 0 saturated carbocycles. The molecule has 0 aromatic rings. The molecule has 0 saturated heterocycles. The molecule has 2 amide bonds. The molecule has 0 unspecified atom stereocenters. The number of primary amides is 2. The summed E-state index contributed by atoms with van der Waals surface area (Å²) in [6.07, 6.45) is 0.500. The first kappa shape index (κ1) is 16.0. The van der Waals surface area contributed by atoms with Crippen LogP contribution < -0.4 is 11.5 Å². The van der Waals surface area contributed by atoms with Gasteiger partial charge in [0, 0.05) is 0 Å². The standard InChI is InChI=1S/2CH3NO.Li.H/c2*2-1-3;;/h2*1H,(H2,2,3);;. The molecule has 0 atom stereocenters. The van der Waals surface area contributed by atoms with Gasteiger partial charge in [0.25, 0.3) is 0 Å². The van der Waals surface area contributed by atoms with Crippen LogP contribution >= 0.6 is 0 Å². The molecule has 0 aliphatic rings. The average molecular weight is 98.0 g/mol. The van der Waals surface area contributed by atoms with Gasteiger partial charge in [-0.05, 0) is 0 Å². The Labute approximate surface area is 53.4 Å². The van der Waals surface area contributed by atoms with Crippen LogP contribution in [0.25, 0.3) is 0 Å². The Morgan fingerprint density at radius 3 is 1.00 bits per heavy atom. The van der Waals surface area contributed by atoms with Gasteiger partial charge in [-0.2, -0.15) is 0 Å². The molecule has 0 bridgehead atoms. The van der Waals surface area contributed by atoms with Crippen LogP contribution in [0.2, 0.25) is 0 Å². The van der Waals surface area contributed by atoms with Gasteiger partial charge < -0.3 is 11.5 Å². The van der Waals surface area contributed by atoms with E-state index >= 15 is 0 Å². The SMILES string of the molecule is NC=O.NC=O.[LiH]. The van der Waals surface area contributed by atoms with E-state index in [1.165, 1.54) is 0 Å². The topological polar surface area (TPSA) is 86.2 Å². The average Bonchev–Trinajstić information content (AvgIpc) is 1.39. The Morgan fingerprint density at radius 1 is 1.00 bits per heavy atom. The van der Waals surface area contributed by atoms with Gasteiger partial charge in [0.05, 0.1) is 0 Å². The predicted molar refractivity (Wildman–Crippen MR) is 27.7 cm³/mol. The Morgan fingerprint density at radius 2 is 1.00 bits per heavy atom. The van der Waals surface area contributed by atoms with Crippen molar-refractivity contribution >= 4 is 31.7 Å². The van der Waals surface area contributed by atoms with E-state index in [1.54, 1.807) is 0 Å². The molecule has 0 aromatic heterocycles. The summed E-state index contributed by atoms with van der Waals surface area (Å²) in [4.78, 5) is 17.2. The molecule has 0 aliphatic heterocycles. The summed E-state index contributed by atoms with van der Waals surface area (Å²) < 4.78 is 0. The third-order valence-electron chi connectivity index (χ3n) is 0. The Balaban J connectivity index is -0.0000000400. The van der Waals surface area contributed by atoms with Gasteiger partial charge in [-0.25, -0.2) is 0 Å². The van der Waals surface area contributed by atoms with Crippen molar-refractivity contribution in [3.63, 3.8) is 0 Å². The molecule has 5 heteroatoms. The van der Waals surface area contributed by atoms with Crippen LogP contribution in [0.1, 0.15) is 0 Å². The van der Waals surface area contributed by atoms with Crippen LogP contribution in [0.4, 0.5) is 0 Å². The Bertz CT molecular complexity index is 34.7. The molecule has 4 N–H and O–H groups in total. The second-order valence-electron chi connectivity index (χ2n) is 0.272. The summed E-state index contributed by atoms with van der Waals surface area (Å²) in [5, 5.41) is 0. The van der Waals surface area contributed by atoms with E-state index in [0.29, 0.717) is 0 Å². The number of hydrogen-bond donors (Lipinski definition) is 2. The quantitative estimate of drug-likeness (QED) is 0.260. The number of carbonyl (C=O) groups is 2. The Hall–Kier alpha value is -0.463. The van der Waals surface area contributed by atoms with Crippen molar-refractivity contribution in [2.45, 2.75) is 0 Å². The van der Waals surface area contributed by atoms with Gasteiger partial charge in [-0.3, -0.25) is 9.59 Å². The fourth-order valence-electron chi connectivity index (χ4n) is 0. The van der Waals surface area contributed by atoms with Crippen LogP contribution in [-0.2, 0) is 9.59 Å². The molecule has 4 nitrogen and oxygen atoms in total. The van der Waals surface area contributed by atoms with Gasteiger partial charge in [0.1, 0.15) is 0 Å². The van der Waals surface area contributed by atoms with Crippen LogP contribution in [0.5, 0.6) is 0 Å². The molecular formula is C2H7LiN2O2. The second kappa shape index (κ2) is 48.2. The number of rotatable bonds is 0. The van der Waals surface area contributed by atoms with Crippen molar-refractivity contribution in [3.8, 4) is 0 Å². The first-order valence-corrected chi connectivity index (χ1v) is 1.14. The molecule has 0 heterocycles. The fraction of sp³-hybridized carbons (Fsp3) is 0. The van der Waals surface area contributed by atoms with Gasteiger partial charge in [0.2, 0.25) is 12.8 Å². The molecule has 38 valence electrons. The summed E-state index contributed by atoms with van der Waals surface area (Å²) in [7, 11) is 0. The van der Waals surface area contributed by atoms with Crippen LogP contribution in [0, 0.1) is 0 Å². The van der Waals surface area contributed by atoms with Crippen LogP contribution in [-0.4, -0.2) is 31.7 Å². The van der Waals surface area contributed by atoms with Crippen LogP contribution in [0.15, 0.2) is 0 Å². The zero-order valence-corrected chi connectivity index (χ0v) is 3.13. The van der Waals surface area contributed by atoms with Crippen molar-refractivity contribution in [1.29, 1.82) is 0 Å². The molecule has 0 rings (SSSR count). The van der Waals surface area contributed by atoms with Gasteiger partial charge in [-0.15, -0.1) is 0 Å². The molecule has 0 spiro atoms. The van der Waals surface area contributed by atoms with Crippen molar-refractivity contribution in [2.75, 3.05) is 0 Å². The summed E-state index contributed by atoms with van der Waals surface area (Å²) in [6, 6.07) is 0. The van der Waals surface area contributed by atoms with Crippen molar-refractivity contribution in [1.82, 2.24) is 0 Å². The summed E-state index contributed by atoms with van der Waals surface area (Å²) in [6.45, 7) is 0. The van der Waals surface area contributed by atoms with Crippen LogP contribution in [0.3, 0.4) is 0 Å². The van der Waals surface area contributed by atoms with E-state index in [9.17, 15) is 0 Å². The fourth-order valence-corrected chi connectivity index (χ4v) is 0. The van der Waals surface area contributed by atoms with E-state index in [1.807, 2.05) is 0 Å². The third kappa shape index (κ3) is 324. The number of amides is 2. The maximum atomic E-state index is 8.58. The third-order valence-corrected chi connectivity index (χ3v) is 0. The minimum absolute atomic E-state index is 0. The van der Waals surface area contributed by atoms with Crippen molar-refractivity contribution in [3.05, 3.63) is 0 Å². The first-order valence-electron chi connectivity index (χ1n) is 1.14. The van der Waals surface area contributed by atoms with Crippen molar-refractivity contribution in [2.24, 2.45) is 11.5 Å². The first-order chi connectivity index (χ1) is 2.83. The number of carbonyl (C=O) groups excluding carboxylic acids is 2. The minimum atomic E-state index is 0. The zero-order valence-electron chi connectivity index (χ0n) is 3.13. The normalized spacial score (nSPS) is 3.43. The maximum absolute atomic E-state index is 8.58. The van der Waals surface area contributed by atoms with Gasteiger partial charge in [-0.1, -0.05) is 0 Å². The predicted octanol–water partition coefficient (Wildman–Crippen LogP) is -2.45. The monoisotopic (exact) mass is 98.1 g/mol. The van der Waals surface area contributed by atoms with Gasteiger partial charge >= 0.3 is 18.9 Å². The van der Waals surface area contributed by atoms with Crippen molar-refractivity contribution < 1.29 is 9.59 Å². The molecule has 7 heavy (non-hydrogen) atoms. The van der Waals surface area contributed by atoms with E-state index in [0.717, 1.165) is 0 Å². The molecule has 0 aliphatic carbocycles. The second-order valence-corrected chi connectivity index (χ2v) is 0.272. The molecule has 0 radical (unpaired) electrons. The summed E-state index contributed by atoms with van der Waals surface area (Å²) in [5.41, 5.74) is 8.33. The van der Waals surface area contributed by atoms with E-state index in [-0.39, 0.29) is 31.7 Å². The number of hydrogen-bond acceptors (Lipinski definition) is 2. The number of nitrogens with two attached hydrogens (primary N) is 2. The van der Waals surface area contributed by atoms with E-state index < -0.39 is 0 Å². The van der Waals surface area contributed by atoms with Gasteiger partial charge in [0.15, 0.2) is 0 Å². The zero-order chi connectivity index (χ0) is 5.41. The molecular weight excluding hydrogens is 91.0 g/mol. The summed E-state index contributed by atoms with van der Waals surface area (Å²) >= 11 is 0. The summed E-state index contributed by atoms with van der Waals surface area (Å²) in [5.74, 6) is 0. The van der Waals surface area contributed by atoms with E-state index in [2.05, 4.69) is 11.5 Å².